The summed E-state index contributed by atoms with van der Waals surface area (Å²) in [6.45, 7) is 9.64. The topological polar surface area (TPSA) is 27.7 Å². The molecule has 0 amide bonds. The molecular formula is C7H18O3P+. The maximum absolute atomic E-state index is 5.38. The zero-order valence-electron chi connectivity index (χ0n) is 7.79. The van der Waals surface area contributed by atoms with Crippen LogP contribution < -0.4 is 0 Å². The van der Waals surface area contributed by atoms with Crippen molar-refractivity contribution in [2.75, 3.05) is 26.5 Å². The molecule has 0 heterocycles. The number of hydrogen-bond acceptors (Lipinski definition) is 3. The minimum Gasteiger partial charge on any atom is -0.178 e. The lowest BCUT2D eigenvalue weighted by molar-refractivity contribution is 0.156. The Kier molecular flexibility index (Phi) is 6.06. The normalized spacial score (nSPS) is 12.0. The van der Waals surface area contributed by atoms with Crippen molar-refractivity contribution in [2.45, 2.75) is 20.8 Å². The predicted octanol–water partition coefficient (Wildman–Crippen LogP) is 2.49. The van der Waals surface area contributed by atoms with E-state index >= 15 is 0 Å². The summed E-state index contributed by atoms with van der Waals surface area (Å²) in [4.78, 5) is 0. The molecule has 11 heavy (non-hydrogen) atoms. The van der Waals surface area contributed by atoms with Gasteiger partial charge < -0.3 is 0 Å². The molecule has 0 aromatic rings. The van der Waals surface area contributed by atoms with Crippen LogP contribution in [0.3, 0.4) is 0 Å². The van der Waals surface area contributed by atoms with E-state index in [0.717, 1.165) is 0 Å². The highest BCUT2D eigenvalue weighted by Crippen LogP contribution is 2.58. The molecule has 0 aliphatic rings. The Morgan fingerprint density at radius 2 is 1.09 bits per heavy atom. The summed E-state index contributed by atoms with van der Waals surface area (Å²) in [5, 5.41) is 0. The van der Waals surface area contributed by atoms with Crippen LogP contribution in [-0.2, 0) is 13.6 Å². The van der Waals surface area contributed by atoms with E-state index in [4.69, 9.17) is 13.6 Å². The fourth-order valence-electron chi connectivity index (χ4n) is 0.815. The summed E-state index contributed by atoms with van der Waals surface area (Å²) >= 11 is 0. The Bertz CT molecular complexity index is 80.7. The van der Waals surface area contributed by atoms with Crippen molar-refractivity contribution in [3.05, 3.63) is 0 Å². The van der Waals surface area contributed by atoms with Gasteiger partial charge in [0.1, 0.15) is 6.66 Å². The third-order valence-corrected chi connectivity index (χ3v) is 3.27. The van der Waals surface area contributed by atoms with Crippen molar-refractivity contribution < 1.29 is 13.6 Å². The van der Waals surface area contributed by atoms with E-state index < -0.39 is 7.94 Å². The van der Waals surface area contributed by atoms with Crippen LogP contribution in [-0.4, -0.2) is 26.5 Å². The molecule has 0 atom stereocenters. The minimum atomic E-state index is -1.97. The van der Waals surface area contributed by atoms with Gasteiger partial charge in [0.05, 0.1) is 19.8 Å². The van der Waals surface area contributed by atoms with Gasteiger partial charge in [0.25, 0.3) is 0 Å². The van der Waals surface area contributed by atoms with E-state index in [2.05, 4.69) is 0 Å². The van der Waals surface area contributed by atoms with Crippen LogP contribution in [0.5, 0.6) is 0 Å². The van der Waals surface area contributed by atoms with Crippen LogP contribution >= 0.6 is 7.94 Å². The zero-order chi connectivity index (χ0) is 8.74. The Hall–Kier alpha value is 0.310. The quantitative estimate of drug-likeness (QED) is 0.589. The van der Waals surface area contributed by atoms with Crippen LogP contribution in [0.4, 0.5) is 0 Å². The second-order valence-corrected chi connectivity index (χ2v) is 4.34. The third-order valence-electron chi connectivity index (χ3n) is 1.09. The van der Waals surface area contributed by atoms with Crippen LogP contribution in [0.2, 0.25) is 0 Å². The highest BCUT2D eigenvalue weighted by atomic mass is 31.2. The van der Waals surface area contributed by atoms with Gasteiger partial charge in [-0.3, -0.25) is 0 Å². The van der Waals surface area contributed by atoms with Crippen LogP contribution in [0.1, 0.15) is 20.8 Å². The molecule has 0 aliphatic heterocycles. The van der Waals surface area contributed by atoms with E-state index in [1.165, 1.54) is 0 Å². The summed E-state index contributed by atoms with van der Waals surface area (Å²) < 4.78 is 16.1. The van der Waals surface area contributed by atoms with Gasteiger partial charge >= 0.3 is 7.94 Å². The molecule has 4 heteroatoms. The van der Waals surface area contributed by atoms with E-state index in [1.807, 2.05) is 27.4 Å². The van der Waals surface area contributed by atoms with Gasteiger partial charge in [0.2, 0.25) is 0 Å². The lowest BCUT2D eigenvalue weighted by atomic mass is 10.9. The molecule has 0 unspecified atom stereocenters. The van der Waals surface area contributed by atoms with E-state index in [-0.39, 0.29) is 0 Å². The van der Waals surface area contributed by atoms with Crippen molar-refractivity contribution >= 4 is 7.94 Å². The van der Waals surface area contributed by atoms with E-state index in [9.17, 15) is 0 Å². The summed E-state index contributed by atoms with van der Waals surface area (Å²) in [5.41, 5.74) is 0. The van der Waals surface area contributed by atoms with E-state index in [1.54, 1.807) is 0 Å². The van der Waals surface area contributed by atoms with Crippen LogP contribution in [0, 0.1) is 0 Å². The van der Waals surface area contributed by atoms with Gasteiger partial charge in [0, 0.05) is 0 Å². The molecule has 0 rings (SSSR count). The number of hydrogen-bond donors (Lipinski definition) is 0. The largest absolute Gasteiger partial charge is 0.408 e. The van der Waals surface area contributed by atoms with Gasteiger partial charge in [0.15, 0.2) is 0 Å². The SMILES string of the molecule is CCO[P+](C)(OCC)OCC. The predicted molar refractivity (Wildman–Crippen MR) is 47.7 cm³/mol. The summed E-state index contributed by atoms with van der Waals surface area (Å²) in [7, 11) is -1.97. The van der Waals surface area contributed by atoms with Gasteiger partial charge in [-0.15, -0.1) is 0 Å². The molecule has 0 radical (unpaired) electrons. The maximum Gasteiger partial charge on any atom is 0.408 e. The van der Waals surface area contributed by atoms with Gasteiger partial charge in [-0.05, 0) is 20.8 Å². The first-order valence-corrected chi connectivity index (χ1v) is 5.97. The van der Waals surface area contributed by atoms with E-state index in [0.29, 0.717) is 19.8 Å². The monoisotopic (exact) mass is 181 g/mol. The average molecular weight is 181 g/mol. The van der Waals surface area contributed by atoms with Crippen molar-refractivity contribution in [3.8, 4) is 0 Å². The summed E-state index contributed by atoms with van der Waals surface area (Å²) in [6, 6.07) is 0. The fraction of sp³-hybridized carbons (Fsp3) is 1.00. The van der Waals surface area contributed by atoms with Gasteiger partial charge in [-0.25, -0.2) is 0 Å². The highest BCUT2D eigenvalue weighted by Gasteiger charge is 2.36. The molecule has 0 fully saturated rings. The standard InChI is InChI=1S/C7H18O3P/c1-5-8-11(4,9-6-2)10-7-3/h5-7H2,1-4H3/q+1. The summed E-state index contributed by atoms with van der Waals surface area (Å²) in [5.74, 6) is 0. The van der Waals surface area contributed by atoms with Crippen molar-refractivity contribution in [1.29, 1.82) is 0 Å². The first kappa shape index (κ1) is 11.3. The second kappa shape index (κ2) is 5.90. The molecule has 0 saturated carbocycles. The number of rotatable bonds is 6. The van der Waals surface area contributed by atoms with Crippen LogP contribution in [0.15, 0.2) is 0 Å². The fourth-order valence-corrected chi connectivity index (χ4v) is 2.45. The average Bonchev–Trinajstić information content (AvgIpc) is 1.88. The molecule has 0 aromatic carbocycles. The first-order valence-electron chi connectivity index (χ1n) is 3.98. The molecular weight excluding hydrogens is 163 g/mol. The molecule has 0 spiro atoms. The Morgan fingerprint density at radius 3 is 1.27 bits per heavy atom. The Labute approximate surface area is 69.6 Å². The summed E-state index contributed by atoms with van der Waals surface area (Å²) in [6.07, 6.45) is 0. The molecule has 0 saturated heterocycles. The van der Waals surface area contributed by atoms with Crippen molar-refractivity contribution in [3.63, 3.8) is 0 Å². The first-order chi connectivity index (χ1) is 5.18. The molecule has 3 nitrogen and oxygen atoms in total. The van der Waals surface area contributed by atoms with Gasteiger partial charge in [-0.1, -0.05) is 0 Å². The molecule has 0 bridgehead atoms. The lowest BCUT2D eigenvalue weighted by Gasteiger charge is -2.15. The van der Waals surface area contributed by atoms with Crippen molar-refractivity contribution in [1.82, 2.24) is 0 Å². The Morgan fingerprint density at radius 1 is 0.818 bits per heavy atom. The van der Waals surface area contributed by atoms with Gasteiger partial charge in [-0.2, -0.15) is 13.6 Å². The molecule has 0 N–H and O–H groups in total. The lowest BCUT2D eigenvalue weighted by Crippen LogP contribution is -2.05. The third kappa shape index (κ3) is 4.70. The molecule has 68 valence electrons. The molecule has 0 aromatic heterocycles. The zero-order valence-corrected chi connectivity index (χ0v) is 8.69. The van der Waals surface area contributed by atoms with Crippen molar-refractivity contribution in [2.24, 2.45) is 0 Å². The maximum atomic E-state index is 5.38. The Balaban J connectivity index is 3.79. The second-order valence-electron chi connectivity index (χ2n) is 2.02. The minimum absolute atomic E-state index is 0.643. The highest BCUT2D eigenvalue weighted by molar-refractivity contribution is 7.60. The molecule has 0 aliphatic carbocycles. The smallest absolute Gasteiger partial charge is 0.178 e. The van der Waals surface area contributed by atoms with Crippen LogP contribution in [0.25, 0.3) is 0 Å².